The Labute approximate surface area is 82.9 Å². The summed E-state index contributed by atoms with van der Waals surface area (Å²) >= 11 is 5.74. The van der Waals surface area contributed by atoms with Gasteiger partial charge >= 0.3 is 0 Å². The van der Waals surface area contributed by atoms with Gasteiger partial charge in [0.15, 0.2) is 0 Å². The van der Waals surface area contributed by atoms with Crippen molar-refractivity contribution in [2.24, 2.45) is 0 Å². The molecule has 0 unspecified atom stereocenters. The quantitative estimate of drug-likeness (QED) is 0.696. The van der Waals surface area contributed by atoms with Gasteiger partial charge in [0.05, 0.1) is 12.7 Å². The summed E-state index contributed by atoms with van der Waals surface area (Å²) in [6, 6.07) is 3.78. The molecule has 13 heavy (non-hydrogen) atoms. The van der Waals surface area contributed by atoms with Gasteiger partial charge in [0.1, 0.15) is 5.15 Å². The van der Waals surface area contributed by atoms with E-state index in [0.717, 1.165) is 5.56 Å². The molecule has 2 rings (SSSR count). The summed E-state index contributed by atoms with van der Waals surface area (Å²) in [6.45, 7) is 0.660. The summed E-state index contributed by atoms with van der Waals surface area (Å²) in [5.74, 6) is 0. The molecular formula is C10H12ClNO. The first kappa shape index (κ1) is 8.97. The number of hydrogen-bond acceptors (Lipinski definition) is 2. The fourth-order valence-corrected chi connectivity index (χ4v) is 1.48. The lowest BCUT2D eigenvalue weighted by molar-refractivity contribution is -0.00868. The molecule has 0 N–H and O–H groups in total. The van der Waals surface area contributed by atoms with Gasteiger partial charge in [-0.3, -0.25) is 0 Å². The number of hydrogen-bond donors (Lipinski definition) is 0. The summed E-state index contributed by atoms with van der Waals surface area (Å²) < 4.78 is 5.63. The van der Waals surface area contributed by atoms with Crippen LogP contribution in [0.1, 0.15) is 24.8 Å². The van der Waals surface area contributed by atoms with E-state index in [-0.39, 0.29) is 0 Å². The highest BCUT2D eigenvalue weighted by Gasteiger charge is 2.17. The maximum atomic E-state index is 5.74. The normalized spacial score (nSPS) is 17.0. The van der Waals surface area contributed by atoms with Crippen LogP contribution in [0.2, 0.25) is 5.15 Å². The van der Waals surface area contributed by atoms with Crippen molar-refractivity contribution in [3.8, 4) is 0 Å². The number of nitrogens with zero attached hydrogens (tertiary/aromatic N) is 1. The monoisotopic (exact) mass is 197 g/mol. The van der Waals surface area contributed by atoms with Crippen LogP contribution >= 0.6 is 11.6 Å². The molecule has 1 aromatic rings. The molecule has 1 aliphatic carbocycles. The number of pyridine rings is 1. The molecule has 0 radical (unpaired) electrons. The van der Waals surface area contributed by atoms with Gasteiger partial charge in [0.25, 0.3) is 0 Å². The Morgan fingerprint density at radius 2 is 2.38 bits per heavy atom. The van der Waals surface area contributed by atoms with Crippen LogP contribution in [0, 0.1) is 0 Å². The molecule has 2 nitrogen and oxygen atoms in total. The largest absolute Gasteiger partial charge is 0.374 e. The van der Waals surface area contributed by atoms with Gasteiger partial charge in [0.2, 0.25) is 0 Å². The van der Waals surface area contributed by atoms with E-state index in [1.54, 1.807) is 6.20 Å². The highest BCUT2D eigenvalue weighted by atomic mass is 35.5. The van der Waals surface area contributed by atoms with Crippen LogP contribution in [-0.2, 0) is 11.3 Å². The second-order valence-corrected chi connectivity index (χ2v) is 3.74. The Morgan fingerprint density at radius 1 is 1.54 bits per heavy atom. The van der Waals surface area contributed by atoms with Gasteiger partial charge in [-0.15, -0.1) is 0 Å². The van der Waals surface area contributed by atoms with Crippen molar-refractivity contribution >= 4 is 11.6 Å². The Morgan fingerprint density at radius 3 is 3.00 bits per heavy atom. The highest BCUT2D eigenvalue weighted by molar-refractivity contribution is 6.29. The molecule has 1 saturated carbocycles. The van der Waals surface area contributed by atoms with E-state index in [9.17, 15) is 0 Å². The van der Waals surface area contributed by atoms with E-state index in [2.05, 4.69) is 4.98 Å². The molecule has 1 heterocycles. The fraction of sp³-hybridized carbons (Fsp3) is 0.500. The number of halogens is 1. The second kappa shape index (κ2) is 4.07. The van der Waals surface area contributed by atoms with Gasteiger partial charge in [-0.2, -0.15) is 0 Å². The zero-order valence-electron chi connectivity index (χ0n) is 7.37. The molecule has 0 bridgehead atoms. The molecule has 1 aliphatic rings. The third-order valence-corrected chi connectivity index (χ3v) is 2.54. The van der Waals surface area contributed by atoms with Crippen LogP contribution in [0.25, 0.3) is 0 Å². The number of rotatable bonds is 3. The second-order valence-electron chi connectivity index (χ2n) is 3.35. The first-order chi connectivity index (χ1) is 6.34. The molecule has 1 aromatic heterocycles. The average molecular weight is 198 g/mol. The van der Waals surface area contributed by atoms with Crippen LogP contribution < -0.4 is 0 Å². The van der Waals surface area contributed by atoms with Crippen molar-refractivity contribution in [2.45, 2.75) is 32.0 Å². The van der Waals surface area contributed by atoms with Crippen LogP contribution in [-0.4, -0.2) is 11.1 Å². The predicted octanol–water partition coefficient (Wildman–Crippen LogP) is 2.80. The third-order valence-electron chi connectivity index (χ3n) is 2.33. The summed E-state index contributed by atoms with van der Waals surface area (Å²) in [5, 5.41) is 0.537. The van der Waals surface area contributed by atoms with E-state index in [0.29, 0.717) is 17.9 Å². The number of aromatic nitrogens is 1. The maximum absolute atomic E-state index is 5.74. The standard InChI is InChI=1S/C10H12ClNO/c11-10-6-8(4-5-12-10)7-13-9-2-1-3-9/h4-6,9H,1-3,7H2. The molecule has 1 fully saturated rings. The van der Waals surface area contributed by atoms with Gasteiger partial charge < -0.3 is 4.74 Å². The van der Waals surface area contributed by atoms with Crippen LogP contribution in [0.3, 0.4) is 0 Å². The average Bonchev–Trinajstić information content (AvgIpc) is 2.01. The Bertz CT molecular complexity index is 286. The maximum Gasteiger partial charge on any atom is 0.129 e. The van der Waals surface area contributed by atoms with Crippen LogP contribution in [0.4, 0.5) is 0 Å². The van der Waals surface area contributed by atoms with Crippen molar-refractivity contribution in [3.05, 3.63) is 29.0 Å². The van der Waals surface area contributed by atoms with Crippen molar-refractivity contribution in [3.63, 3.8) is 0 Å². The Balaban J connectivity index is 1.86. The minimum absolute atomic E-state index is 0.479. The lowest BCUT2D eigenvalue weighted by Gasteiger charge is -2.25. The molecule has 0 saturated heterocycles. The predicted molar refractivity (Wildman–Crippen MR) is 51.7 cm³/mol. The van der Waals surface area contributed by atoms with E-state index < -0.39 is 0 Å². The highest BCUT2D eigenvalue weighted by Crippen LogP contribution is 2.23. The SMILES string of the molecule is Clc1cc(COC2CCC2)ccn1. The van der Waals surface area contributed by atoms with Gasteiger partial charge in [-0.05, 0) is 37.0 Å². The Hall–Kier alpha value is -0.600. The van der Waals surface area contributed by atoms with Crippen LogP contribution in [0.15, 0.2) is 18.3 Å². The number of ether oxygens (including phenoxy) is 1. The van der Waals surface area contributed by atoms with E-state index in [1.165, 1.54) is 19.3 Å². The first-order valence-corrected chi connectivity index (χ1v) is 4.94. The van der Waals surface area contributed by atoms with Gasteiger partial charge in [-0.25, -0.2) is 4.98 Å². The minimum atomic E-state index is 0.479. The molecule has 3 heteroatoms. The fourth-order valence-electron chi connectivity index (χ4n) is 1.28. The van der Waals surface area contributed by atoms with Gasteiger partial charge in [-0.1, -0.05) is 11.6 Å². The lowest BCUT2D eigenvalue weighted by atomic mass is 9.96. The van der Waals surface area contributed by atoms with E-state index in [1.807, 2.05) is 12.1 Å². The third kappa shape index (κ3) is 2.42. The minimum Gasteiger partial charge on any atom is -0.374 e. The molecule has 70 valence electrons. The Kier molecular flexibility index (Phi) is 2.81. The van der Waals surface area contributed by atoms with Crippen molar-refractivity contribution in [1.29, 1.82) is 0 Å². The first-order valence-electron chi connectivity index (χ1n) is 4.56. The van der Waals surface area contributed by atoms with Crippen molar-refractivity contribution in [1.82, 2.24) is 4.98 Å². The summed E-state index contributed by atoms with van der Waals surface area (Å²) in [4.78, 5) is 3.91. The van der Waals surface area contributed by atoms with Crippen LogP contribution in [0.5, 0.6) is 0 Å². The van der Waals surface area contributed by atoms with Crippen molar-refractivity contribution < 1.29 is 4.74 Å². The van der Waals surface area contributed by atoms with Crippen molar-refractivity contribution in [2.75, 3.05) is 0 Å². The zero-order chi connectivity index (χ0) is 9.10. The molecule has 0 aromatic carbocycles. The molecule has 0 spiro atoms. The summed E-state index contributed by atoms with van der Waals surface area (Å²) in [5.41, 5.74) is 1.10. The molecular weight excluding hydrogens is 186 g/mol. The lowest BCUT2D eigenvalue weighted by Crippen LogP contribution is -2.21. The zero-order valence-corrected chi connectivity index (χ0v) is 8.13. The summed E-state index contributed by atoms with van der Waals surface area (Å²) in [6.07, 6.45) is 5.91. The smallest absolute Gasteiger partial charge is 0.129 e. The van der Waals surface area contributed by atoms with E-state index >= 15 is 0 Å². The van der Waals surface area contributed by atoms with E-state index in [4.69, 9.17) is 16.3 Å². The molecule has 0 amide bonds. The topological polar surface area (TPSA) is 22.1 Å². The summed E-state index contributed by atoms with van der Waals surface area (Å²) in [7, 11) is 0. The van der Waals surface area contributed by atoms with Gasteiger partial charge in [0, 0.05) is 6.20 Å². The molecule has 0 aliphatic heterocycles. The molecule has 0 atom stereocenters.